The number of thioether (sulfide) groups is 1. The van der Waals surface area contributed by atoms with Crippen LogP contribution in [0.1, 0.15) is 20.3 Å². The maximum absolute atomic E-state index is 12.0. The van der Waals surface area contributed by atoms with Crippen LogP contribution in [-0.4, -0.2) is 38.8 Å². The molecular formula is C12H21N3O2S. The maximum atomic E-state index is 12.0. The molecule has 0 spiro atoms. The molecule has 0 aliphatic rings. The molecule has 6 heteroatoms. The summed E-state index contributed by atoms with van der Waals surface area (Å²) in [5.74, 6) is 0.906. The fraction of sp³-hybridized carbons (Fsp3) is 0.667. The molecule has 1 aromatic heterocycles. The average molecular weight is 271 g/mol. The van der Waals surface area contributed by atoms with E-state index in [4.69, 9.17) is 0 Å². The molecule has 0 fully saturated rings. The van der Waals surface area contributed by atoms with Gasteiger partial charge in [-0.25, -0.2) is 4.98 Å². The molecule has 5 nitrogen and oxygen atoms in total. The Hall–Kier alpha value is -1.01. The summed E-state index contributed by atoms with van der Waals surface area (Å²) < 4.78 is 1.62. The monoisotopic (exact) mass is 271 g/mol. The van der Waals surface area contributed by atoms with Crippen LogP contribution in [0.4, 0.5) is 5.82 Å². The summed E-state index contributed by atoms with van der Waals surface area (Å²) in [4.78, 5) is 16.0. The average Bonchev–Trinajstić information content (AvgIpc) is 2.30. The van der Waals surface area contributed by atoms with Gasteiger partial charge >= 0.3 is 0 Å². The first-order valence-corrected chi connectivity index (χ1v) is 7.40. The first-order valence-electron chi connectivity index (χ1n) is 6.01. The van der Waals surface area contributed by atoms with Crippen LogP contribution in [0.15, 0.2) is 17.2 Å². The molecule has 2 N–H and O–H groups in total. The van der Waals surface area contributed by atoms with E-state index in [1.54, 1.807) is 35.6 Å². The second-order valence-corrected chi connectivity index (χ2v) is 5.42. The molecule has 0 aliphatic heterocycles. The highest BCUT2D eigenvalue weighted by atomic mass is 32.2. The van der Waals surface area contributed by atoms with Crippen LogP contribution in [0.3, 0.4) is 0 Å². The first kappa shape index (κ1) is 15.0. The van der Waals surface area contributed by atoms with Crippen LogP contribution in [0.2, 0.25) is 0 Å². The number of hydrogen-bond acceptors (Lipinski definition) is 5. The second kappa shape index (κ2) is 6.80. The normalized spacial score (nSPS) is 14.2. The predicted molar refractivity (Wildman–Crippen MR) is 76.3 cm³/mol. The van der Waals surface area contributed by atoms with Gasteiger partial charge in [0.15, 0.2) is 5.82 Å². The van der Waals surface area contributed by atoms with Crippen LogP contribution in [0.25, 0.3) is 0 Å². The quantitative estimate of drug-likeness (QED) is 0.779. The Balaban J connectivity index is 2.74. The predicted octanol–water partition coefficient (Wildman–Crippen LogP) is 1.18. The molecule has 0 aromatic carbocycles. The SMILES string of the molecule is CCCn1ccnc(NCC(C)(O)CSC)c1=O. The van der Waals surface area contributed by atoms with Crippen molar-refractivity contribution in [3.8, 4) is 0 Å². The minimum Gasteiger partial charge on any atom is -0.387 e. The van der Waals surface area contributed by atoms with E-state index in [2.05, 4.69) is 10.3 Å². The summed E-state index contributed by atoms with van der Waals surface area (Å²) in [7, 11) is 0. The largest absolute Gasteiger partial charge is 0.387 e. The third-order valence-corrected chi connectivity index (χ3v) is 3.38. The van der Waals surface area contributed by atoms with E-state index in [0.717, 1.165) is 6.42 Å². The van der Waals surface area contributed by atoms with Gasteiger partial charge in [-0.1, -0.05) is 6.92 Å². The smallest absolute Gasteiger partial charge is 0.293 e. The van der Waals surface area contributed by atoms with Gasteiger partial charge < -0.3 is 15.0 Å². The van der Waals surface area contributed by atoms with Crippen molar-refractivity contribution in [1.82, 2.24) is 9.55 Å². The Bertz CT molecular complexity index is 432. The van der Waals surface area contributed by atoms with Gasteiger partial charge in [0.2, 0.25) is 0 Å². The molecule has 0 saturated heterocycles. The number of nitrogens with zero attached hydrogens (tertiary/aromatic N) is 2. The molecule has 0 radical (unpaired) electrons. The van der Waals surface area contributed by atoms with E-state index in [0.29, 0.717) is 24.7 Å². The van der Waals surface area contributed by atoms with Gasteiger partial charge in [-0.15, -0.1) is 0 Å². The van der Waals surface area contributed by atoms with E-state index in [9.17, 15) is 9.90 Å². The van der Waals surface area contributed by atoms with Gasteiger partial charge in [0.05, 0.1) is 5.60 Å². The highest BCUT2D eigenvalue weighted by molar-refractivity contribution is 7.98. The Morgan fingerprint density at radius 3 is 2.94 bits per heavy atom. The molecule has 1 heterocycles. The zero-order valence-electron chi connectivity index (χ0n) is 11.1. The summed E-state index contributed by atoms with van der Waals surface area (Å²) in [6.45, 7) is 4.75. The first-order chi connectivity index (χ1) is 8.50. The van der Waals surface area contributed by atoms with Crippen molar-refractivity contribution in [2.75, 3.05) is 23.9 Å². The Kier molecular flexibility index (Phi) is 5.68. The summed E-state index contributed by atoms with van der Waals surface area (Å²) in [5.41, 5.74) is -0.988. The fourth-order valence-electron chi connectivity index (χ4n) is 1.62. The van der Waals surface area contributed by atoms with Crippen LogP contribution >= 0.6 is 11.8 Å². The fourth-order valence-corrected chi connectivity index (χ4v) is 2.35. The lowest BCUT2D eigenvalue weighted by atomic mass is 10.1. The van der Waals surface area contributed by atoms with E-state index >= 15 is 0 Å². The van der Waals surface area contributed by atoms with Crippen LogP contribution in [0, 0.1) is 0 Å². The third-order valence-electron chi connectivity index (χ3n) is 2.47. The number of anilines is 1. The summed E-state index contributed by atoms with van der Waals surface area (Å²) in [5, 5.41) is 12.9. The molecule has 1 unspecified atom stereocenters. The van der Waals surface area contributed by atoms with Gasteiger partial charge in [-0.05, 0) is 19.6 Å². The molecule has 1 rings (SSSR count). The number of aliphatic hydroxyl groups is 1. The van der Waals surface area contributed by atoms with Crippen molar-refractivity contribution < 1.29 is 5.11 Å². The summed E-state index contributed by atoms with van der Waals surface area (Å²) >= 11 is 1.57. The van der Waals surface area contributed by atoms with Crippen molar-refractivity contribution in [3.63, 3.8) is 0 Å². The van der Waals surface area contributed by atoms with E-state index in [1.165, 1.54) is 0 Å². The van der Waals surface area contributed by atoms with Crippen molar-refractivity contribution in [2.45, 2.75) is 32.4 Å². The van der Waals surface area contributed by atoms with Gasteiger partial charge in [0, 0.05) is 31.2 Å². The summed E-state index contributed by atoms with van der Waals surface area (Å²) in [6.07, 6.45) is 6.11. The van der Waals surface area contributed by atoms with Crippen molar-refractivity contribution in [3.05, 3.63) is 22.7 Å². The van der Waals surface area contributed by atoms with Gasteiger partial charge in [-0.2, -0.15) is 11.8 Å². The molecule has 0 amide bonds. The second-order valence-electron chi connectivity index (χ2n) is 4.56. The third kappa shape index (κ3) is 4.34. The molecule has 1 aromatic rings. The Morgan fingerprint density at radius 1 is 1.61 bits per heavy atom. The van der Waals surface area contributed by atoms with Crippen LogP contribution < -0.4 is 10.9 Å². The standard InChI is InChI=1S/C12H21N3O2S/c1-4-6-15-7-5-13-10(11(15)16)14-8-12(2,17)9-18-3/h5,7,17H,4,6,8-9H2,1-3H3,(H,13,14). The molecule has 0 bridgehead atoms. The van der Waals surface area contributed by atoms with E-state index in [1.807, 2.05) is 13.2 Å². The highest BCUT2D eigenvalue weighted by Crippen LogP contribution is 2.10. The van der Waals surface area contributed by atoms with Crippen molar-refractivity contribution in [1.29, 1.82) is 0 Å². The summed E-state index contributed by atoms with van der Waals surface area (Å²) in [6, 6.07) is 0. The minimum atomic E-state index is -0.848. The van der Waals surface area contributed by atoms with Crippen LogP contribution in [0.5, 0.6) is 0 Å². The zero-order valence-corrected chi connectivity index (χ0v) is 12.0. The highest BCUT2D eigenvalue weighted by Gasteiger charge is 2.20. The number of nitrogens with one attached hydrogen (secondary N) is 1. The number of hydrogen-bond donors (Lipinski definition) is 2. The molecular weight excluding hydrogens is 250 g/mol. The molecule has 0 aliphatic carbocycles. The Morgan fingerprint density at radius 2 is 2.33 bits per heavy atom. The van der Waals surface area contributed by atoms with Gasteiger partial charge in [0.25, 0.3) is 5.56 Å². The van der Waals surface area contributed by atoms with E-state index in [-0.39, 0.29) is 5.56 Å². The number of rotatable bonds is 7. The molecule has 0 saturated carbocycles. The van der Waals surface area contributed by atoms with Gasteiger partial charge in [-0.3, -0.25) is 4.79 Å². The van der Waals surface area contributed by atoms with E-state index < -0.39 is 5.60 Å². The lowest BCUT2D eigenvalue weighted by Gasteiger charge is -2.22. The van der Waals surface area contributed by atoms with Crippen molar-refractivity contribution in [2.24, 2.45) is 0 Å². The molecule has 102 valence electrons. The lowest BCUT2D eigenvalue weighted by molar-refractivity contribution is 0.0996. The Labute approximate surface area is 112 Å². The molecule has 1 atom stereocenters. The topological polar surface area (TPSA) is 67.2 Å². The van der Waals surface area contributed by atoms with Crippen LogP contribution in [-0.2, 0) is 6.54 Å². The minimum absolute atomic E-state index is 0.140. The number of aryl methyl sites for hydroxylation is 1. The zero-order chi connectivity index (χ0) is 13.6. The molecule has 18 heavy (non-hydrogen) atoms. The lowest BCUT2D eigenvalue weighted by Crippen LogP contribution is -2.38. The van der Waals surface area contributed by atoms with Crippen molar-refractivity contribution >= 4 is 17.6 Å². The van der Waals surface area contributed by atoms with Gasteiger partial charge in [0.1, 0.15) is 0 Å². The number of aromatic nitrogens is 2. The maximum Gasteiger partial charge on any atom is 0.293 e.